The zero-order valence-corrected chi connectivity index (χ0v) is 12.5. The molecule has 7 heteroatoms. The maximum Gasteiger partial charge on any atom is 0.308 e. The molecule has 2 aromatic rings. The zero-order valence-electron chi connectivity index (χ0n) is 12.5. The molecule has 0 aliphatic rings. The van der Waals surface area contributed by atoms with Crippen molar-refractivity contribution >= 4 is 5.97 Å². The van der Waals surface area contributed by atoms with Gasteiger partial charge in [-0.25, -0.2) is 4.68 Å². The molecule has 7 nitrogen and oxygen atoms in total. The fourth-order valence-electron chi connectivity index (χ4n) is 2.10. The van der Waals surface area contributed by atoms with Crippen molar-refractivity contribution in [2.75, 3.05) is 14.2 Å². The minimum atomic E-state index is -1.07. The summed E-state index contributed by atoms with van der Waals surface area (Å²) >= 11 is 0. The van der Waals surface area contributed by atoms with E-state index in [1.54, 1.807) is 18.2 Å². The van der Waals surface area contributed by atoms with E-state index < -0.39 is 11.5 Å². The molecular weight excluding hydrogens is 288 g/mol. The molecule has 0 radical (unpaired) electrons. The third kappa shape index (κ3) is 3.08. The number of ether oxygens (including phenoxy) is 2. The van der Waals surface area contributed by atoms with Gasteiger partial charge >= 0.3 is 5.97 Å². The first-order valence-electron chi connectivity index (χ1n) is 6.47. The van der Waals surface area contributed by atoms with E-state index in [1.807, 2.05) is 0 Å². The van der Waals surface area contributed by atoms with Crippen LogP contribution in [0.5, 0.6) is 11.5 Å². The van der Waals surface area contributed by atoms with Gasteiger partial charge in [0.1, 0.15) is 0 Å². The third-order valence-electron chi connectivity index (χ3n) is 3.16. The Kier molecular flexibility index (Phi) is 4.45. The van der Waals surface area contributed by atoms with E-state index in [0.29, 0.717) is 22.8 Å². The van der Waals surface area contributed by atoms with Gasteiger partial charge in [0.2, 0.25) is 0 Å². The van der Waals surface area contributed by atoms with Gasteiger partial charge in [-0.05, 0) is 24.3 Å². The number of benzene rings is 1. The van der Waals surface area contributed by atoms with Gasteiger partial charge in [0.25, 0.3) is 5.56 Å². The fraction of sp³-hybridized carbons (Fsp3) is 0.267. The van der Waals surface area contributed by atoms with Gasteiger partial charge in [-0.3, -0.25) is 9.59 Å². The van der Waals surface area contributed by atoms with Crippen molar-refractivity contribution in [1.29, 1.82) is 0 Å². The lowest BCUT2D eigenvalue weighted by Gasteiger charge is -2.10. The number of aromatic nitrogens is 2. The number of hydrogen-bond acceptors (Lipinski definition) is 5. The molecule has 116 valence electrons. The summed E-state index contributed by atoms with van der Waals surface area (Å²) in [7, 11) is 4.54. The van der Waals surface area contributed by atoms with E-state index in [1.165, 1.54) is 27.3 Å². The SMILES string of the molecule is COc1ccc(-c2cc(CC(=O)O)c(=O)n(C)n2)cc1OC. The largest absolute Gasteiger partial charge is 0.493 e. The number of nitrogens with zero attached hydrogens (tertiary/aromatic N) is 2. The molecule has 0 saturated heterocycles. The Morgan fingerprint density at radius 1 is 1.23 bits per heavy atom. The molecule has 0 aliphatic carbocycles. The van der Waals surface area contributed by atoms with Crippen molar-refractivity contribution in [3.8, 4) is 22.8 Å². The summed E-state index contributed by atoms with van der Waals surface area (Å²) < 4.78 is 11.5. The van der Waals surface area contributed by atoms with Crippen LogP contribution < -0.4 is 15.0 Å². The second-order valence-electron chi connectivity index (χ2n) is 4.62. The lowest BCUT2D eigenvalue weighted by Crippen LogP contribution is -2.25. The molecule has 0 spiro atoms. The summed E-state index contributed by atoms with van der Waals surface area (Å²) in [5.41, 5.74) is 0.931. The Bertz CT molecular complexity index is 767. The quantitative estimate of drug-likeness (QED) is 0.889. The number of carboxylic acid groups (broad SMARTS) is 1. The summed E-state index contributed by atoms with van der Waals surface area (Å²) in [5, 5.41) is 13.0. The molecular formula is C15H16N2O5. The lowest BCUT2D eigenvalue weighted by atomic mass is 10.1. The summed E-state index contributed by atoms with van der Waals surface area (Å²) in [6, 6.07) is 6.68. The Labute approximate surface area is 126 Å². The van der Waals surface area contributed by atoms with E-state index in [4.69, 9.17) is 14.6 Å². The summed E-state index contributed by atoms with van der Waals surface area (Å²) in [6.07, 6.45) is -0.352. The molecule has 0 saturated carbocycles. The molecule has 0 unspecified atom stereocenters. The number of aliphatic carboxylic acids is 1. The van der Waals surface area contributed by atoms with Crippen LogP contribution in [0.1, 0.15) is 5.56 Å². The topological polar surface area (TPSA) is 90.7 Å². The summed E-state index contributed by atoms with van der Waals surface area (Å²) in [4.78, 5) is 22.8. The normalized spacial score (nSPS) is 10.3. The predicted molar refractivity (Wildman–Crippen MR) is 79.4 cm³/mol. The second kappa shape index (κ2) is 6.30. The highest BCUT2D eigenvalue weighted by molar-refractivity contribution is 5.71. The molecule has 0 atom stereocenters. The van der Waals surface area contributed by atoms with Crippen LogP contribution >= 0.6 is 0 Å². The maximum absolute atomic E-state index is 11.9. The molecule has 1 aromatic heterocycles. The highest BCUT2D eigenvalue weighted by Gasteiger charge is 2.13. The van der Waals surface area contributed by atoms with Gasteiger partial charge in [-0.2, -0.15) is 5.10 Å². The predicted octanol–water partition coefficient (Wildman–Crippen LogP) is 1.09. The maximum atomic E-state index is 11.9. The van der Waals surface area contributed by atoms with E-state index in [2.05, 4.69) is 5.10 Å². The van der Waals surface area contributed by atoms with Crippen LogP contribution in [0.25, 0.3) is 11.3 Å². The van der Waals surface area contributed by atoms with Crippen LogP contribution in [0.3, 0.4) is 0 Å². The first-order chi connectivity index (χ1) is 10.5. The van der Waals surface area contributed by atoms with Gasteiger partial charge in [0.05, 0.1) is 26.3 Å². The minimum absolute atomic E-state index is 0.176. The molecule has 1 heterocycles. The van der Waals surface area contributed by atoms with Crippen molar-refractivity contribution in [3.63, 3.8) is 0 Å². The van der Waals surface area contributed by atoms with Crippen molar-refractivity contribution in [1.82, 2.24) is 9.78 Å². The van der Waals surface area contributed by atoms with E-state index >= 15 is 0 Å². The van der Waals surface area contributed by atoms with Crippen molar-refractivity contribution in [2.24, 2.45) is 7.05 Å². The smallest absolute Gasteiger partial charge is 0.308 e. The van der Waals surface area contributed by atoms with Gasteiger partial charge in [0, 0.05) is 18.2 Å². The Morgan fingerprint density at radius 2 is 1.91 bits per heavy atom. The molecule has 22 heavy (non-hydrogen) atoms. The zero-order chi connectivity index (χ0) is 16.3. The van der Waals surface area contributed by atoms with E-state index in [-0.39, 0.29) is 12.0 Å². The second-order valence-corrected chi connectivity index (χ2v) is 4.62. The van der Waals surface area contributed by atoms with Crippen LogP contribution in [0.15, 0.2) is 29.1 Å². The average molecular weight is 304 g/mol. The number of aryl methyl sites for hydroxylation is 1. The van der Waals surface area contributed by atoms with Gasteiger partial charge < -0.3 is 14.6 Å². The fourth-order valence-corrected chi connectivity index (χ4v) is 2.10. The van der Waals surface area contributed by atoms with Crippen molar-refractivity contribution in [2.45, 2.75) is 6.42 Å². The number of carbonyl (C=O) groups is 1. The number of methoxy groups -OCH3 is 2. The molecule has 0 aliphatic heterocycles. The monoisotopic (exact) mass is 304 g/mol. The number of carboxylic acids is 1. The Hall–Kier alpha value is -2.83. The summed E-state index contributed by atoms with van der Waals surface area (Å²) in [5.74, 6) is 0.0267. The average Bonchev–Trinajstić information content (AvgIpc) is 2.50. The molecule has 0 bridgehead atoms. The molecule has 0 fully saturated rings. The van der Waals surface area contributed by atoms with Crippen LogP contribution in [-0.4, -0.2) is 35.1 Å². The third-order valence-corrected chi connectivity index (χ3v) is 3.16. The van der Waals surface area contributed by atoms with Crippen molar-refractivity contribution in [3.05, 3.63) is 40.2 Å². The summed E-state index contributed by atoms with van der Waals surface area (Å²) in [6.45, 7) is 0. The van der Waals surface area contributed by atoms with Gasteiger partial charge in [0.15, 0.2) is 11.5 Å². The Balaban J connectivity index is 2.55. The molecule has 1 N–H and O–H groups in total. The van der Waals surface area contributed by atoms with Gasteiger partial charge in [-0.15, -0.1) is 0 Å². The standard InChI is InChI=1S/C15H16N2O5/c1-17-15(20)10(8-14(18)19)6-11(16-17)9-4-5-12(21-2)13(7-9)22-3/h4-7H,8H2,1-3H3,(H,18,19). The van der Waals surface area contributed by atoms with Crippen LogP contribution in [0, 0.1) is 0 Å². The van der Waals surface area contributed by atoms with Crippen molar-refractivity contribution < 1.29 is 19.4 Å². The molecule has 2 rings (SSSR count). The number of rotatable bonds is 5. The first kappa shape index (κ1) is 15.6. The highest BCUT2D eigenvalue weighted by atomic mass is 16.5. The highest BCUT2D eigenvalue weighted by Crippen LogP contribution is 2.31. The molecule has 1 aromatic carbocycles. The molecule has 0 amide bonds. The van der Waals surface area contributed by atoms with Crippen LogP contribution in [0.4, 0.5) is 0 Å². The Morgan fingerprint density at radius 3 is 2.50 bits per heavy atom. The minimum Gasteiger partial charge on any atom is -0.493 e. The first-order valence-corrected chi connectivity index (χ1v) is 6.47. The van der Waals surface area contributed by atoms with E-state index in [0.717, 1.165) is 4.68 Å². The van der Waals surface area contributed by atoms with Gasteiger partial charge in [-0.1, -0.05) is 0 Å². The van der Waals surface area contributed by atoms with Crippen LogP contribution in [0.2, 0.25) is 0 Å². The van der Waals surface area contributed by atoms with Crippen LogP contribution in [-0.2, 0) is 18.3 Å². The lowest BCUT2D eigenvalue weighted by molar-refractivity contribution is -0.136. The number of hydrogen-bond donors (Lipinski definition) is 1. The van der Waals surface area contributed by atoms with E-state index in [9.17, 15) is 9.59 Å².